The average molecular weight is 442 g/mol. The molecule has 0 saturated carbocycles. The number of sulfonamides is 1. The van der Waals surface area contributed by atoms with Crippen molar-refractivity contribution in [3.63, 3.8) is 0 Å². The lowest BCUT2D eigenvalue weighted by Gasteiger charge is -2.12. The van der Waals surface area contributed by atoms with Crippen LogP contribution in [0.1, 0.15) is 24.8 Å². The van der Waals surface area contributed by atoms with Gasteiger partial charge in [0.1, 0.15) is 0 Å². The van der Waals surface area contributed by atoms with Gasteiger partial charge in [-0.05, 0) is 36.1 Å². The molecule has 1 N–H and O–H groups in total. The number of carbonyl (C=O) groups excluding carboxylic acids is 1. The quantitative estimate of drug-likeness (QED) is 0.332. The number of esters is 1. The Morgan fingerprint density at radius 1 is 1.10 bits per heavy atom. The number of nitrogens with one attached hydrogen (secondary N) is 1. The molecule has 30 heavy (non-hydrogen) atoms. The number of hydrogen-bond acceptors (Lipinski definition) is 4. The van der Waals surface area contributed by atoms with Gasteiger partial charge >= 0.3 is 5.97 Å². The molecule has 3 aromatic rings. The minimum atomic E-state index is -3.85. The van der Waals surface area contributed by atoms with Crippen molar-refractivity contribution in [2.45, 2.75) is 24.2 Å². The van der Waals surface area contributed by atoms with Crippen molar-refractivity contribution < 1.29 is 17.9 Å². The molecule has 5 nitrogen and oxygen atoms in total. The minimum Gasteiger partial charge on any atom is -0.469 e. The summed E-state index contributed by atoms with van der Waals surface area (Å²) in [6.07, 6.45) is 1.30. The van der Waals surface area contributed by atoms with Crippen LogP contribution in [0.2, 0.25) is 5.02 Å². The summed E-state index contributed by atoms with van der Waals surface area (Å²) in [4.78, 5) is 11.4. The van der Waals surface area contributed by atoms with Crippen LogP contribution in [-0.4, -0.2) is 21.5 Å². The number of hydrogen-bond donors (Lipinski definition) is 1. The van der Waals surface area contributed by atoms with Gasteiger partial charge in [-0.2, -0.15) is 0 Å². The molecular weight excluding hydrogens is 422 g/mol. The van der Waals surface area contributed by atoms with Crippen molar-refractivity contribution in [2.75, 3.05) is 11.8 Å². The molecule has 0 aliphatic carbocycles. The molecule has 0 fully saturated rings. The number of halogens is 1. The first-order valence-corrected chi connectivity index (χ1v) is 11.1. The van der Waals surface area contributed by atoms with Gasteiger partial charge in [0.05, 0.1) is 23.3 Å². The van der Waals surface area contributed by atoms with E-state index in [4.69, 9.17) is 11.6 Å². The molecule has 0 atom stereocenters. The topological polar surface area (TPSA) is 72.5 Å². The molecule has 0 unspecified atom stereocenters. The predicted molar refractivity (Wildman–Crippen MR) is 119 cm³/mol. The summed E-state index contributed by atoms with van der Waals surface area (Å²) in [5, 5.41) is 1.92. The Labute approximate surface area is 181 Å². The van der Waals surface area contributed by atoms with E-state index in [1.54, 1.807) is 42.5 Å². The van der Waals surface area contributed by atoms with Gasteiger partial charge in [-0.25, -0.2) is 8.42 Å². The van der Waals surface area contributed by atoms with E-state index in [1.165, 1.54) is 7.11 Å². The Morgan fingerprint density at radius 2 is 1.87 bits per heavy atom. The fraction of sp³-hybridized carbons (Fsp3) is 0.174. The summed E-state index contributed by atoms with van der Waals surface area (Å²) >= 11 is 6.08. The monoisotopic (exact) mass is 441 g/mol. The summed E-state index contributed by atoms with van der Waals surface area (Å²) in [7, 11) is -2.51. The average Bonchev–Trinajstić information content (AvgIpc) is 2.74. The number of methoxy groups -OCH3 is 1. The van der Waals surface area contributed by atoms with Crippen molar-refractivity contribution in [1.82, 2.24) is 0 Å². The lowest BCUT2D eigenvalue weighted by atomic mass is 10.1. The molecule has 0 spiro atoms. The maximum atomic E-state index is 13.1. The molecule has 3 aromatic carbocycles. The normalized spacial score (nSPS) is 10.9. The van der Waals surface area contributed by atoms with Crippen LogP contribution < -0.4 is 4.72 Å². The van der Waals surface area contributed by atoms with Crippen LogP contribution in [0.25, 0.3) is 10.8 Å². The molecule has 0 aromatic heterocycles. The van der Waals surface area contributed by atoms with Crippen molar-refractivity contribution >= 4 is 44.1 Å². The van der Waals surface area contributed by atoms with Crippen LogP contribution in [0, 0.1) is 11.8 Å². The second-order valence-electron chi connectivity index (χ2n) is 6.50. The zero-order valence-electron chi connectivity index (χ0n) is 16.3. The lowest BCUT2D eigenvalue weighted by molar-refractivity contribution is -0.140. The molecule has 0 radical (unpaired) electrons. The molecule has 0 aliphatic heterocycles. The van der Waals surface area contributed by atoms with Crippen LogP contribution in [-0.2, 0) is 19.6 Å². The molecule has 0 heterocycles. The third-order valence-electron chi connectivity index (χ3n) is 4.40. The second kappa shape index (κ2) is 9.66. The van der Waals surface area contributed by atoms with E-state index in [0.29, 0.717) is 34.5 Å². The molecule has 7 heteroatoms. The van der Waals surface area contributed by atoms with E-state index in [-0.39, 0.29) is 17.3 Å². The van der Waals surface area contributed by atoms with Gasteiger partial charge in [0, 0.05) is 23.3 Å². The molecule has 0 amide bonds. The molecule has 0 saturated heterocycles. The minimum absolute atomic E-state index is 0.188. The molecular formula is C23H20ClNO4S. The first kappa shape index (κ1) is 21.7. The molecule has 0 bridgehead atoms. The van der Waals surface area contributed by atoms with Crippen molar-refractivity contribution in [2.24, 2.45) is 0 Å². The van der Waals surface area contributed by atoms with E-state index < -0.39 is 10.0 Å². The fourth-order valence-corrected chi connectivity index (χ4v) is 4.40. The van der Waals surface area contributed by atoms with E-state index in [9.17, 15) is 13.2 Å². The number of benzene rings is 3. The van der Waals surface area contributed by atoms with Crippen molar-refractivity contribution in [1.29, 1.82) is 0 Å². The number of fused-ring (bicyclic) bond motifs is 1. The largest absolute Gasteiger partial charge is 0.469 e. The van der Waals surface area contributed by atoms with E-state index >= 15 is 0 Å². The van der Waals surface area contributed by atoms with Gasteiger partial charge < -0.3 is 4.74 Å². The Balaban J connectivity index is 1.87. The molecule has 154 valence electrons. The van der Waals surface area contributed by atoms with E-state index in [2.05, 4.69) is 21.3 Å². The molecule has 0 aliphatic rings. The first-order valence-electron chi connectivity index (χ1n) is 9.26. The summed E-state index contributed by atoms with van der Waals surface area (Å²) in [5.74, 6) is 5.61. The van der Waals surface area contributed by atoms with Crippen LogP contribution in [0.4, 0.5) is 5.69 Å². The van der Waals surface area contributed by atoms with Gasteiger partial charge in [-0.3, -0.25) is 9.52 Å². The SMILES string of the molecule is COC(=O)CCCC#Cc1cc(Cl)ccc1NS(=O)(=O)c1cccc2ccccc12. The second-order valence-corrected chi connectivity index (χ2v) is 8.59. The predicted octanol–water partition coefficient (Wildman–Crippen LogP) is 4.99. The Hall–Kier alpha value is -3.01. The summed E-state index contributed by atoms with van der Waals surface area (Å²) < 4.78 is 33.4. The lowest BCUT2D eigenvalue weighted by Crippen LogP contribution is -2.14. The number of anilines is 1. The van der Waals surface area contributed by atoms with Crippen LogP contribution in [0.5, 0.6) is 0 Å². The van der Waals surface area contributed by atoms with Crippen molar-refractivity contribution in [3.8, 4) is 11.8 Å². The third kappa shape index (κ3) is 5.32. The Morgan fingerprint density at radius 3 is 2.67 bits per heavy atom. The maximum absolute atomic E-state index is 13.1. The zero-order valence-corrected chi connectivity index (χ0v) is 17.9. The van der Waals surface area contributed by atoms with Crippen LogP contribution in [0.15, 0.2) is 65.6 Å². The van der Waals surface area contributed by atoms with Crippen molar-refractivity contribution in [3.05, 3.63) is 71.2 Å². The smallest absolute Gasteiger partial charge is 0.305 e. The standard InChI is InChI=1S/C23H20ClNO4S/c1-29-23(26)13-4-2-3-9-18-16-19(24)14-15-21(18)25-30(27,28)22-12-7-10-17-8-5-6-11-20(17)22/h5-8,10-12,14-16,25H,2,4,13H2,1H3. The number of carbonyl (C=O) groups is 1. The number of rotatable bonds is 6. The van der Waals surface area contributed by atoms with Gasteiger partial charge in [0.15, 0.2) is 0 Å². The van der Waals surface area contributed by atoms with Gasteiger partial charge in [-0.15, -0.1) is 0 Å². The van der Waals surface area contributed by atoms with E-state index in [0.717, 1.165) is 5.39 Å². The van der Waals surface area contributed by atoms with Crippen LogP contribution in [0.3, 0.4) is 0 Å². The van der Waals surface area contributed by atoms with E-state index in [1.807, 2.05) is 18.2 Å². The molecule has 3 rings (SSSR count). The number of unbranched alkanes of at least 4 members (excludes halogenated alkanes) is 1. The summed E-state index contributed by atoms with van der Waals surface area (Å²) in [5.41, 5.74) is 0.803. The zero-order chi connectivity index (χ0) is 21.6. The summed E-state index contributed by atoms with van der Waals surface area (Å²) in [6.45, 7) is 0. The fourth-order valence-electron chi connectivity index (χ4n) is 2.92. The highest BCUT2D eigenvalue weighted by molar-refractivity contribution is 7.93. The van der Waals surface area contributed by atoms with Gasteiger partial charge in [-0.1, -0.05) is 59.8 Å². The van der Waals surface area contributed by atoms with Gasteiger partial charge in [0.2, 0.25) is 0 Å². The first-order chi connectivity index (χ1) is 14.4. The highest BCUT2D eigenvalue weighted by Crippen LogP contribution is 2.27. The number of ether oxygens (including phenoxy) is 1. The summed E-state index contributed by atoms with van der Waals surface area (Å²) in [6, 6.07) is 17.2. The maximum Gasteiger partial charge on any atom is 0.305 e. The Kier molecular flexibility index (Phi) is 6.99. The highest BCUT2D eigenvalue weighted by Gasteiger charge is 2.18. The highest BCUT2D eigenvalue weighted by atomic mass is 35.5. The van der Waals surface area contributed by atoms with Gasteiger partial charge in [0.25, 0.3) is 10.0 Å². The van der Waals surface area contributed by atoms with Crippen LogP contribution >= 0.6 is 11.6 Å². The third-order valence-corrected chi connectivity index (χ3v) is 6.06. The Bertz CT molecular complexity index is 1240.